The third kappa shape index (κ3) is 1.95. The lowest BCUT2D eigenvalue weighted by molar-refractivity contribution is 0.250. The van der Waals surface area contributed by atoms with Gasteiger partial charge in [-0.05, 0) is 51.5 Å². The fourth-order valence-corrected chi connectivity index (χ4v) is 3.03. The number of nitrogens with zero attached hydrogens (tertiary/aromatic N) is 6. The first kappa shape index (κ1) is 12.1. The van der Waals surface area contributed by atoms with Gasteiger partial charge in [-0.2, -0.15) is 4.52 Å². The lowest BCUT2D eigenvalue weighted by atomic mass is 9.96. The van der Waals surface area contributed by atoms with Gasteiger partial charge in [0, 0.05) is 19.0 Å². The Labute approximate surface area is 118 Å². The maximum atomic E-state index is 4.76. The molecule has 0 bridgehead atoms. The zero-order valence-electron chi connectivity index (χ0n) is 11.9. The van der Waals surface area contributed by atoms with E-state index in [1.165, 1.54) is 6.42 Å². The number of hydrogen-bond acceptors (Lipinski definition) is 5. The fraction of sp³-hybridized carbons (Fsp3) is 0.643. The Morgan fingerprint density at radius 2 is 1.85 bits per heavy atom. The highest BCUT2D eigenvalue weighted by Crippen LogP contribution is 2.27. The maximum absolute atomic E-state index is 4.76. The molecule has 0 atom stereocenters. The Morgan fingerprint density at radius 1 is 1.05 bits per heavy atom. The van der Waals surface area contributed by atoms with Crippen molar-refractivity contribution in [3.63, 3.8) is 0 Å². The Morgan fingerprint density at radius 3 is 2.55 bits per heavy atom. The van der Waals surface area contributed by atoms with Gasteiger partial charge < -0.3 is 9.80 Å². The summed E-state index contributed by atoms with van der Waals surface area (Å²) in [6.45, 7) is 4.49. The SMILES string of the molecule is CN1CCC(c2nnc3ccc(N4CCC4)nn23)CC1. The summed E-state index contributed by atoms with van der Waals surface area (Å²) in [4.78, 5) is 4.68. The molecule has 6 nitrogen and oxygen atoms in total. The Balaban J connectivity index is 1.68. The second kappa shape index (κ2) is 4.70. The Kier molecular flexibility index (Phi) is 2.84. The van der Waals surface area contributed by atoms with Gasteiger partial charge in [0.25, 0.3) is 0 Å². The molecule has 0 unspecified atom stereocenters. The Hall–Kier alpha value is -1.69. The standard InChI is InChI=1S/C14H20N6/c1-18-9-5-11(6-10-18)14-16-15-12-3-4-13(17-20(12)14)19-7-2-8-19/h3-4,11H,2,5-10H2,1H3. The third-order valence-corrected chi connectivity index (χ3v) is 4.54. The first-order valence-corrected chi connectivity index (χ1v) is 7.47. The van der Waals surface area contributed by atoms with Gasteiger partial charge in [-0.3, -0.25) is 0 Å². The summed E-state index contributed by atoms with van der Waals surface area (Å²) in [5, 5.41) is 13.4. The molecule has 2 fully saturated rings. The maximum Gasteiger partial charge on any atom is 0.178 e. The molecule has 6 heteroatoms. The number of likely N-dealkylation sites (tertiary alicyclic amines) is 1. The van der Waals surface area contributed by atoms with Crippen LogP contribution >= 0.6 is 0 Å². The quantitative estimate of drug-likeness (QED) is 0.820. The largest absolute Gasteiger partial charge is 0.355 e. The van der Waals surface area contributed by atoms with Gasteiger partial charge in [0.05, 0.1) is 0 Å². The van der Waals surface area contributed by atoms with Crippen molar-refractivity contribution in [3.8, 4) is 0 Å². The second-order valence-electron chi connectivity index (χ2n) is 5.94. The minimum Gasteiger partial charge on any atom is -0.355 e. The van der Waals surface area contributed by atoms with E-state index in [0.29, 0.717) is 5.92 Å². The number of rotatable bonds is 2. The van der Waals surface area contributed by atoms with E-state index in [1.807, 2.05) is 10.6 Å². The molecule has 2 saturated heterocycles. The van der Waals surface area contributed by atoms with E-state index in [0.717, 1.165) is 56.3 Å². The van der Waals surface area contributed by atoms with Crippen LogP contribution in [-0.4, -0.2) is 57.9 Å². The van der Waals surface area contributed by atoms with Crippen LogP contribution in [0.3, 0.4) is 0 Å². The monoisotopic (exact) mass is 272 g/mol. The highest BCUT2D eigenvalue weighted by Gasteiger charge is 2.24. The zero-order chi connectivity index (χ0) is 13.5. The molecule has 0 aromatic carbocycles. The van der Waals surface area contributed by atoms with Crippen molar-refractivity contribution < 1.29 is 0 Å². The van der Waals surface area contributed by atoms with Gasteiger partial charge in [-0.1, -0.05) is 0 Å². The summed E-state index contributed by atoms with van der Waals surface area (Å²) in [5.41, 5.74) is 0.864. The van der Waals surface area contributed by atoms with Gasteiger partial charge >= 0.3 is 0 Å². The van der Waals surface area contributed by atoms with Crippen LogP contribution < -0.4 is 4.90 Å². The smallest absolute Gasteiger partial charge is 0.178 e. The van der Waals surface area contributed by atoms with Crippen LogP contribution in [0.4, 0.5) is 5.82 Å². The topological polar surface area (TPSA) is 49.6 Å². The number of aromatic nitrogens is 4. The molecule has 0 amide bonds. The van der Waals surface area contributed by atoms with Gasteiger partial charge in [-0.25, -0.2) is 0 Å². The van der Waals surface area contributed by atoms with Crippen LogP contribution in [0.2, 0.25) is 0 Å². The van der Waals surface area contributed by atoms with Gasteiger partial charge in [-0.15, -0.1) is 15.3 Å². The molecule has 4 rings (SSSR count). The van der Waals surface area contributed by atoms with Crippen LogP contribution in [0.1, 0.15) is 31.0 Å². The predicted molar refractivity (Wildman–Crippen MR) is 77.1 cm³/mol. The van der Waals surface area contributed by atoms with E-state index in [1.54, 1.807) is 0 Å². The van der Waals surface area contributed by atoms with E-state index in [9.17, 15) is 0 Å². The number of hydrogen-bond donors (Lipinski definition) is 0. The molecule has 0 spiro atoms. The molecular weight excluding hydrogens is 252 g/mol. The fourth-order valence-electron chi connectivity index (χ4n) is 3.03. The predicted octanol–water partition coefficient (Wildman–Crippen LogP) is 1.14. The first-order chi connectivity index (χ1) is 9.81. The van der Waals surface area contributed by atoms with Gasteiger partial charge in [0.15, 0.2) is 11.5 Å². The van der Waals surface area contributed by atoms with Crippen molar-refractivity contribution in [2.24, 2.45) is 0 Å². The van der Waals surface area contributed by atoms with E-state index in [2.05, 4.69) is 33.1 Å². The third-order valence-electron chi connectivity index (χ3n) is 4.54. The molecule has 0 saturated carbocycles. The summed E-state index contributed by atoms with van der Waals surface area (Å²) in [7, 11) is 2.18. The summed E-state index contributed by atoms with van der Waals surface area (Å²) in [6.07, 6.45) is 3.56. The molecule has 20 heavy (non-hydrogen) atoms. The van der Waals surface area contributed by atoms with Crippen LogP contribution in [-0.2, 0) is 0 Å². The molecule has 2 aromatic heterocycles. The molecule has 106 valence electrons. The molecule has 0 aliphatic carbocycles. The minimum absolute atomic E-state index is 0.486. The van der Waals surface area contributed by atoms with Crippen molar-refractivity contribution in [3.05, 3.63) is 18.0 Å². The van der Waals surface area contributed by atoms with E-state index in [4.69, 9.17) is 5.10 Å². The van der Waals surface area contributed by atoms with Crippen LogP contribution in [0.5, 0.6) is 0 Å². The van der Waals surface area contributed by atoms with Crippen molar-refractivity contribution in [1.82, 2.24) is 24.7 Å². The number of anilines is 1. The lowest BCUT2D eigenvalue weighted by Crippen LogP contribution is -2.38. The van der Waals surface area contributed by atoms with Crippen LogP contribution in [0, 0.1) is 0 Å². The average Bonchev–Trinajstić information content (AvgIpc) is 2.81. The Bertz CT molecular complexity index is 609. The molecule has 2 aliphatic rings. The molecule has 0 radical (unpaired) electrons. The second-order valence-corrected chi connectivity index (χ2v) is 5.94. The normalized spacial score (nSPS) is 21.4. The van der Waals surface area contributed by atoms with Crippen molar-refractivity contribution >= 4 is 11.5 Å². The minimum atomic E-state index is 0.486. The van der Waals surface area contributed by atoms with E-state index < -0.39 is 0 Å². The lowest BCUT2D eigenvalue weighted by Gasteiger charge is -2.32. The number of fused-ring (bicyclic) bond motifs is 1. The van der Waals surface area contributed by atoms with Gasteiger partial charge in [0.1, 0.15) is 5.82 Å². The number of piperidine rings is 1. The van der Waals surface area contributed by atoms with Crippen molar-refractivity contribution in [2.45, 2.75) is 25.2 Å². The van der Waals surface area contributed by atoms with E-state index >= 15 is 0 Å². The summed E-state index contributed by atoms with van der Waals surface area (Å²) in [6, 6.07) is 4.09. The highest BCUT2D eigenvalue weighted by molar-refractivity contribution is 5.47. The van der Waals surface area contributed by atoms with Crippen molar-refractivity contribution in [1.29, 1.82) is 0 Å². The van der Waals surface area contributed by atoms with Crippen LogP contribution in [0.15, 0.2) is 12.1 Å². The summed E-state index contributed by atoms with van der Waals surface area (Å²) >= 11 is 0. The highest BCUT2D eigenvalue weighted by atomic mass is 15.4. The summed E-state index contributed by atoms with van der Waals surface area (Å²) < 4.78 is 1.96. The van der Waals surface area contributed by atoms with Crippen LogP contribution in [0.25, 0.3) is 5.65 Å². The zero-order valence-corrected chi connectivity index (χ0v) is 11.9. The van der Waals surface area contributed by atoms with Crippen molar-refractivity contribution in [2.75, 3.05) is 38.1 Å². The molecule has 2 aromatic rings. The molecular formula is C14H20N6. The van der Waals surface area contributed by atoms with Gasteiger partial charge in [0.2, 0.25) is 0 Å². The first-order valence-electron chi connectivity index (χ1n) is 7.47. The van der Waals surface area contributed by atoms with E-state index in [-0.39, 0.29) is 0 Å². The summed E-state index contributed by atoms with van der Waals surface area (Å²) in [5.74, 6) is 2.58. The molecule has 0 N–H and O–H groups in total. The molecule has 4 heterocycles. The average molecular weight is 272 g/mol. The molecule has 2 aliphatic heterocycles.